The van der Waals surface area contributed by atoms with Crippen LogP contribution in [0.3, 0.4) is 0 Å². The monoisotopic (exact) mass is 500 g/mol. The highest BCUT2D eigenvalue weighted by Gasteiger charge is 2.25. The normalized spacial score (nSPS) is 21.1. The summed E-state index contributed by atoms with van der Waals surface area (Å²) in [5, 5.41) is 7.06. The zero-order valence-corrected chi connectivity index (χ0v) is 21.8. The number of carbonyl (C=O) groups is 1. The number of rotatable bonds is 6. The summed E-state index contributed by atoms with van der Waals surface area (Å²) in [5.74, 6) is -0.146. The van der Waals surface area contributed by atoms with Gasteiger partial charge in [0.1, 0.15) is 5.82 Å². The van der Waals surface area contributed by atoms with Gasteiger partial charge < -0.3 is 15.5 Å². The molecule has 2 aliphatic heterocycles. The molecule has 3 aromatic rings. The number of benzene rings is 3. The third-order valence-corrected chi connectivity index (χ3v) is 7.46. The Labute approximate surface area is 219 Å². The van der Waals surface area contributed by atoms with Crippen LogP contribution >= 0.6 is 0 Å². The van der Waals surface area contributed by atoms with E-state index in [1.165, 1.54) is 17.7 Å². The summed E-state index contributed by atoms with van der Waals surface area (Å²) in [6, 6.07) is 24.4. The van der Waals surface area contributed by atoms with Crippen molar-refractivity contribution in [3.05, 3.63) is 89.7 Å². The number of piperazine rings is 1. The maximum Gasteiger partial charge on any atom is 0.254 e. The molecule has 5 rings (SSSR count). The predicted octanol–water partition coefficient (Wildman–Crippen LogP) is 5.39. The van der Waals surface area contributed by atoms with Gasteiger partial charge in [0.25, 0.3) is 5.91 Å². The lowest BCUT2D eigenvalue weighted by molar-refractivity contribution is 0.0719. The number of nitrogens with zero attached hydrogens (tertiary/aromatic N) is 2. The lowest BCUT2D eigenvalue weighted by atomic mass is 9.96. The molecule has 0 spiro atoms. The molecule has 0 aliphatic carbocycles. The van der Waals surface area contributed by atoms with Gasteiger partial charge in [0.2, 0.25) is 0 Å². The number of amides is 1. The summed E-state index contributed by atoms with van der Waals surface area (Å²) in [7, 11) is 0. The zero-order chi connectivity index (χ0) is 25.8. The van der Waals surface area contributed by atoms with Crippen molar-refractivity contribution in [3.8, 4) is 11.1 Å². The number of hydrogen-bond donors (Lipinski definition) is 2. The van der Waals surface area contributed by atoms with Crippen molar-refractivity contribution in [2.75, 3.05) is 31.5 Å². The molecule has 0 radical (unpaired) electrons. The van der Waals surface area contributed by atoms with E-state index in [2.05, 4.69) is 53.6 Å². The van der Waals surface area contributed by atoms with E-state index in [1.54, 1.807) is 12.1 Å². The number of halogens is 1. The summed E-state index contributed by atoms with van der Waals surface area (Å²) in [5.41, 5.74) is 5.02. The minimum Gasteiger partial charge on any atom is -0.382 e. The molecule has 3 aromatic carbocycles. The van der Waals surface area contributed by atoms with Crippen molar-refractivity contribution in [2.24, 2.45) is 0 Å². The Morgan fingerprint density at radius 3 is 2.24 bits per heavy atom. The van der Waals surface area contributed by atoms with Crippen LogP contribution in [-0.2, 0) is 6.54 Å². The van der Waals surface area contributed by atoms with Crippen LogP contribution in [0.15, 0.2) is 72.8 Å². The Kier molecular flexibility index (Phi) is 7.87. The van der Waals surface area contributed by atoms with E-state index in [1.807, 2.05) is 29.2 Å². The highest BCUT2D eigenvalue weighted by Crippen LogP contribution is 2.27. The summed E-state index contributed by atoms with van der Waals surface area (Å²) < 4.78 is 13.2. The van der Waals surface area contributed by atoms with Gasteiger partial charge in [-0.15, -0.1) is 0 Å². The lowest BCUT2D eigenvalue weighted by Crippen LogP contribution is -2.53. The molecule has 5 nitrogen and oxygen atoms in total. The molecule has 2 heterocycles. The third-order valence-electron chi connectivity index (χ3n) is 7.46. The van der Waals surface area contributed by atoms with Crippen LogP contribution in [0.25, 0.3) is 11.1 Å². The standard InChI is InChI=1S/C31H37FN4O/c1-22-19-35(20-23(2)33-22)21-24-7-9-25(10-8-24)29-5-3-4-6-30(29)31(37)36-17-15-28(16-18-36)34-27-13-11-26(32)12-14-27/h3-14,22-23,28,33-34H,15-21H2,1-2H3/t22-,23+. The number of anilines is 1. The fourth-order valence-corrected chi connectivity index (χ4v) is 5.72. The van der Waals surface area contributed by atoms with Crippen molar-refractivity contribution >= 4 is 11.6 Å². The van der Waals surface area contributed by atoms with Gasteiger partial charge in [-0.2, -0.15) is 0 Å². The van der Waals surface area contributed by atoms with E-state index in [0.717, 1.165) is 54.9 Å². The van der Waals surface area contributed by atoms with Gasteiger partial charge in [0.05, 0.1) is 0 Å². The van der Waals surface area contributed by atoms with Crippen LogP contribution in [0.2, 0.25) is 0 Å². The minimum atomic E-state index is -0.233. The first-order valence-corrected chi connectivity index (χ1v) is 13.4. The quantitative estimate of drug-likeness (QED) is 0.476. The Balaban J connectivity index is 1.22. The number of carbonyl (C=O) groups excluding carboxylic acids is 1. The van der Waals surface area contributed by atoms with Crippen LogP contribution in [0.5, 0.6) is 0 Å². The minimum absolute atomic E-state index is 0.0868. The van der Waals surface area contributed by atoms with Gasteiger partial charge in [-0.1, -0.05) is 42.5 Å². The topological polar surface area (TPSA) is 47.6 Å². The molecule has 0 unspecified atom stereocenters. The van der Waals surface area contributed by atoms with Gasteiger partial charge in [-0.25, -0.2) is 4.39 Å². The largest absolute Gasteiger partial charge is 0.382 e. The molecule has 0 saturated carbocycles. The zero-order valence-electron chi connectivity index (χ0n) is 21.8. The second-order valence-corrected chi connectivity index (χ2v) is 10.6. The average Bonchev–Trinajstić information content (AvgIpc) is 2.90. The van der Waals surface area contributed by atoms with E-state index in [9.17, 15) is 9.18 Å². The van der Waals surface area contributed by atoms with Crippen molar-refractivity contribution in [1.82, 2.24) is 15.1 Å². The van der Waals surface area contributed by atoms with E-state index in [-0.39, 0.29) is 17.8 Å². The second kappa shape index (κ2) is 11.4. The van der Waals surface area contributed by atoms with E-state index in [0.29, 0.717) is 25.2 Å². The van der Waals surface area contributed by atoms with Crippen molar-refractivity contribution in [2.45, 2.75) is 51.4 Å². The molecule has 0 bridgehead atoms. The summed E-state index contributed by atoms with van der Waals surface area (Å²) in [6.45, 7) is 8.94. The molecule has 2 fully saturated rings. The SMILES string of the molecule is C[C@@H]1CN(Cc2ccc(-c3ccccc3C(=O)N3CCC(Nc4ccc(F)cc4)CC3)cc2)C[C@H](C)N1. The highest BCUT2D eigenvalue weighted by molar-refractivity contribution is 6.01. The van der Waals surface area contributed by atoms with Gasteiger partial charge in [0.15, 0.2) is 0 Å². The second-order valence-electron chi connectivity index (χ2n) is 10.6. The van der Waals surface area contributed by atoms with E-state index >= 15 is 0 Å². The van der Waals surface area contributed by atoms with Crippen LogP contribution < -0.4 is 10.6 Å². The van der Waals surface area contributed by atoms with Gasteiger partial charge in [-0.05, 0) is 73.7 Å². The Morgan fingerprint density at radius 1 is 0.919 bits per heavy atom. The van der Waals surface area contributed by atoms with Crippen molar-refractivity contribution < 1.29 is 9.18 Å². The average molecular weight is 501 g/mol. The summed E-state index contributed by atoms with van der Waals surface area (Å²) >= 11 is 0. The van der Waals surface area contributed by atoms with Gasteiger partial charge in [-0.3, -0.25) is 9.69 Å². The lowest BCUT2D eigenvalue weighted by Gasteiger charge is -2.36. The van der Waals surface area contributed by atoms with E-state index in [4.69, 9.17) is 0 Å². The Morgan fingerprint density at radius 2 is 1.57 bits per heavy atom. The first-order valence-electron chi connectivity index (χ1n) is 13.4. The van der Waals surface area contributed by atoms with Crippen LogP contribution in [-0.4, -0.2) is 60.0 Å². The number of piperidine rings is 1. The number of nitrogens with one attached hydrogen (secondary N) is 2. The first-order chi connectivity index (χ1) is 17.9. The Bertz CT molecular complexity index is 1180. The molecular weight excluding hydrogens is 463 g/mol. The number of hydrogen-bond acceptors (Lipinski definition) is 4. The molecule has 2 aliphatic rings. The molecule has 2 atom stereocenters. The van der Waals surface area contributed by atoms with E-state index < -0.39 is 0 Å². The Hall–Kier alpha value is -3.22. The molecule has 0 aromatic heterocycles. The maximum absolute atomic E-state index is 13.5. The van der Waals surface area contributed by atoms with Crippen molar-refractivity contribution in [1.29, 1.82) is 0 Å². The van der Waals surface area contributed by atoms with Crippen LogP contribution in [0.1, 0.15) is 42.6 Å². The molecule has 1 amide bonds. The van der Waals surface area contributed by atoms with Crippen LogP contribution in [0, 0.1) is 5.82 Å². The first kappa shape index (κ1) is 25.4. The molecule has 2 saturated heterocycles. The summed E-state index contributed by atoms with van der Waals surface area (Å²) in [6.07, 6.45) is 1.73. The fraction of sp³-hybridized carbons (Fsp3) is 0.387. The highest BCUT2D eigenvalue weighted by atomic mass is 19.1. The molecule has 194 valence electrons. The predicted molar refractivity (Wildman–Crippen MR) is 148 cm³/mol. The third kappa shape index (κ3) is 6.38. The van der Waals surface area contributed by atoms with Crippen LogP contribution in [0.4, 0.5) is 10.1 Å². The smallest absolute Gasteiger partial charge is 0.254 e. The summed E-state index contributed by atoms with van der Waals surface area (Å²) in [4.78, 5) is 18.0. The fourth-order valence-electron chi connectivity index (χ4n) is 5.72. The molecule has 2 N–H and O–H groups in total. The van der Waals surface area contributed by atoms with Crippen molar-refractivity contribution in [3.63, 3.8) is 0 Å². The molecule has 6 heteroatoms. The van der Waals surface area contributed by atoms with Gasteiger partial charge in [0, 0.05) is 62.1 Å². The molecule has 37 heavy (non-hydrogen) atoms. The van der Waals surface area contributed by atoms with Gasteiger partial charge >= 0.3 is 0 Å². The number of likely N-dealkylation sites (tertiary alicyclic amines) is 1. The maximum atomic E-state index is 13.5. The molecular formula is C31H37FN4O.